The minimum atomic E-state index is -2.66. The Bertz CT molecular complexity index is 854. The SMILES string of the molecule is CC(C)N1CC[C@@H](Oc2ccc3[nH]c(C(=O)N4CCC(F)(F)CC4)cc3c2)C1. The second-order valence-electron chi connectivity index (χ2n) is 8.20. The predicted octanol–water partition coefficient (Wildman–Crippen LogP) is 3.90. The summed E-state index contributed by atoms with van der Waals surface area (Å²) in [6.45, 7) is 6.52. The molecule has 152 valence electrons. The Labute approximate surface area is 163 Å². The first kappa shape index (κ1) is 19.2. The van der Waals surface area contributed by atoms with Gasteiger partial charge in [-0.3, -0.25) is 9.69 Å². The molecule has 0 bridgehead atoms. The number of alkyl halides is 2. The molecule has 5 nitrogen and oxygen atoms in total. The van der Waals surface area contributed by atoms with Crippen LogP contribution in [-0.4, -0.2) is 64.9 Å². The number of hydrogen-bond acceptors (Lipinski definition) is 3. The van der Waals surface area contributed by atoms with Crippen LogP contribution in [0.2, 0.25) is 0 Å². The smallest absolute Gasteiger partial charge is 0.270 e. The van der Waals surface area contributed by atoms with Crippen LogP contribution < -0.4 is 4.74 Å². The maximum absolute atomic E-state index is 13.3. The second kappa shape index (κ2) is 7.35. The van der Waals surface area contributed by atoms with E-state index < -0.39 is 5.92 Å². The lowest BCUT2D eigenvalue weighted by atomic mass is 10.1. The molecule has 1 aromatic carbocycles. The number of hydrogen-bond donors (Lipinski definition) is 1. The van der Waals surface area contributed by atoms with Crippen LogP contribution in [0.15, 0.2) is 24.3 Å². The molecule has 0 unspecified atom stereocenters. The lowest BCUT2D eigenvalue weighted by Crippen LogP contribution is -2.42. The number of likely N-dealkylation sites (tertiary alicyclic amines) is 2. The molecule has 2 aliphatic heterocycles. The highest BCUT2D eigenvalue weighted by atomic mass is 19.3. The Hall–Kier alpha value is -2.15. The molecular weight excluding hydrogens is 364 g/mol. The first-order valence-corrected chi connectivity index (χ1v) is 10.0. The van der Waals surface area contributed by atoms with Crippen molar-refractivity contribution >= 4 is 16.8 Å². The van der Waals surface area contributed by atoms with Gasteiger partial charge in [-0.05, 0) is 44.5 Å². The van der Waals surface area contributed by atoms with Crippen LogP contribution in [0, 0.1) is 0 Å². The minimum Gasteiger partial charge on any atom is -0.489 e. The van der Waals surface area contributed by atoms with E-state index in [0.717, 1.165) is 36.2 Å². The average Bonchev–Trinajstić information content (AvgIpc) is 3.28. The van der Waals surface area contributed by atoms with Crippen LogP contribution in [-0.2, 0) is 0 Å². The summed E-state index contributed by atoms with van der Waals surface area (Å²) >= 11 is 0. The number of fused-ring (bicyclic) bond motifs is 1. The Morgan fingerprint density at radius 3 is 2.64 bits per heavy atom. The highest BCUT2D eigenvalue weighted by Gasteiger charge is 2.36. The van der Waals surface area contributed by atoms with Crippen molar-refractivity contribution in [2.45, 2.75) is 51.2 Å². The van der Waals surface area contributed by atoms with Crippen LogP contribution in [0.3, 0.4) is 0 Å². The number of aromatic nitrogens is 1. The van der Waals surface area contributed by atoms with Gasteiger partial charge in [-0.25, -0.2) is 8.78 Å². The van der Waals surface area contributed by atoms with Gasteiger partial charge in [0, 0.05) is 56.0 Å². The largest absolute Gasteiger partial charge is 0.489 e. The fourth-order valence-corrected chi connectivity index (χ4v) is 4.02. The second-order valence-corrected chi connectivity index (χ2v) is 8.20. The summed E-state index contributed by atoms with van der Waals surface area (Å²) in [4.78, 5) is 19.7. The van der Waals surface area contributed by atoms with Crippen molar-refractivity contribution in [1.82, 2.24) is 14.8 Å². The van der Waals surface area contributed by atoms with Crippen molar-refractivity contribution in [2.24, 2.45) is 0 Å². The molecule has 1 amide bonds. The van der Waals surface area contributed by atoms with Gasteiger partial charge in [-0.1, -0.05) is 0 Å². The van der Waals surface area contributed by atoms with E-state index in [0.29, 0.717) is 11.7 Å². The van der Waals surface area contributed by atoms with Crippen LogP contribution >= 0.6 is 0 Å². The van der Waals surface area contributed by atoms with Crippen LogP contribution in [0.25, 0.3) is 10.9 Å². The number of piperidine rings is 1. The van der Waals surface area contributed by atoms with Crippen LogP contribution in [0.1, 0.15) is 43.6 Å². The summed E-state index contributed by atoms with van der Waals surface area (Å²) in [7, 11) is 0. The zero-order valence-electron chi connectivity index (χ0n) is 16.4. The summed E-state index contributed by atoms with van der Waals surface area (Å²) in [5, 5.41) is 0.891. The molecule has 0 spiro atoms. The van der Waals surface area contributed by atoms with E-state index in [1.165, 1.54) is 4.90 Å². The maximum atomic E-state index is 13.3. The van der Waals surface area contributed by atoms with E-state index in [-0.39, 0.29) is 37.9 Å². The topological polar surface area (TPSA) is 48.6 Å². The van der Waals surface area contributed by atoms with Gasteiger partial charge in [-0.15, -0.1) is 0 Å². The van der Waals surface area contributed by atoms with Crippen LogP contribution in [0.4, 0.5) is 8.78 Å². The standard InChI is InChI=1S/C21H27F2N3O2/c1-14(2)26-8-5-17(13-26)28-16-3-4-18-15(11-16)12-19(24-18)20(27)25-9-6-21(22,23)7-10-25/h3-4,11-12,14,17,24H,5-10,13H2,1-2H3/t17-/m1/s1. The van der Waals surface area contributed by atoms with Gasteiger partial charge >= 0.3 is 0 Å². The molecule has 0 saturated carbocycles. The fraction of sp³-hybridized carbons (Fsp3) is 0.571. The lowest BCUT2D eigenvalue weighted by molar-refractivity contribution is -0.0495. The van der Waals surface area contributed by atoms with Crippen molar-refractivity contribution in [3.8, 4) is 5.75 Å². The van der Waals surface area contributed by atoms with Crippen molar-refractivity contribution < 1.29 is 18.3 Å². The van der Waals surface area contributed by atoms with E-state index in [1.807, 2.05) is 18.2 Å². The van der Waals surface area contributed by atoms with Gasteiger partial charge in [0.15, 0.2) is 0 Å². The average molecular weight is 391 g/mol. The quantitative estimate of drug-likeness (QED) is 0.860. The molecule has 2 aromatic rings. The molecule has 3 heterocycles. The summed E-state index contributed by atoms with van der Waals surface area (Å²) in [5.74, 6) is -2.09. The van der Waals surface area contributed by atoms with Gasteiger partial charge in [0.2, 0.25) is 0 Å². The molecule has 1 atom stereocenters. The summed E-state index contributed by atoms with van der Waals surface area (Å²) in [5.41, 5.74) is 1.28. The van der Waals surface area contributed by atoms with E-state index in [1.54, 1.807) is 6.07 Å². The third kappa shape index (κ3) is 3.99. The van der Waals surface area contributed by atoms with Crippen LogP contribution in [0.5, 0.6) is 5.75 Å². The number of carbonyl (C=O) groups is 1. The molecule has 1 aromatic heterocycles. The Balaban J connectivity index is 1.44. The zero-order valence-corrected chi connectivity index (χ0v) is 16.4. The Kier molecular flexibility index (Phi) is 5.04. The van der Waals surface area contributed by atoms with Crippen molar-refractivity contribution in [2.75, 3.05) is 26.2 Å². The number of H-pyrrole nitrogens is 1. The van der Waals surface area contributed by atoms with Gasteiger partial charge in [0.1, 0.15) is 17.5 Å². The highest BCUT2D eigenvalue weighted by molar-refractivity contribution is 5.98. The monoisotopic (exact) mass is 391 g/mol. The predicted molar refractivity (Wildman–Crippen MR) is 104 cm³/mol. The third-order valence-corrected chi connectivity index (χ3v) is 5.81. The van der Waals surface area contributed by atoms with Gasteiger partial charge < -0.3 is 14.6 Å². The Morgan fingerprint density at radius 1 is 1.21 bits per heavy atom. The van der Waals surface area contributed by atoms with Crippen molar-refractivity contribution in [1.29, 1.82) is 0 Å². The molecule has 2 aliphatic rings. The Morgan fingerprint density at radius 2 is 1.96 bits per heavy atom. The minimum absolute atomic E-state index is 0.0869. The number of amides is 1. The molecule has 0 radical (unpaired) electrons. The first-order chi connectivity index (χ1) is 13.3. The van der Waals surface area contributed by atoms with E-state index >= 15 is 0 Å². The first-order valence-electron chi connectivity index (χ1n) is 10.0. The molecule has 0 aliphatic carbocycles. The van der Waals surface area contributed by atoms with Gasteiger partial charge in [-0.2, -0.15) is 0 Å². The molecule has 28 heavy (non-hydrogen) atoms. The van der Waals surface area contributed by atoms with E-state index in [2.05, 4.69) is 23.7 Å². The number of nitrogens with zero attached hydrogens (tertiary/aromatic N) is 2. The molecule has 2 saturated heterocycles. The fourth-order valence-electron chi connectivity index (χ4n) is 4.02. The molecule has 7 heteroatoms. The lowest BCUT2D eigenvalue weighted by Gasteiger charge is -2.31. The molecule has 4 rings (SSSR count). The van der Waals surface area contributed by atoms with Crippen molar-refractivity contribution in [3.63, 3.8) is 0 Å². The normalized spacial score (nSPS) is 22.9. The van der Waals surface area contributed by atoms with Crippen molar-refractivity contribution in [3.05, 3.63) is 30.0 Å². The summed E-state index contributed by atoms with van der Waals surface area (Å²) in [6.07, 6.45) is 0.638. The van der Waals surface area contributed by atoms with E-state index in [9.17, 15) is 13.6 Å². The number of benzene rings is 1. The number of halogens is 2. The molecule has 2 fully saturated rings. The maximum Gasteiger partial charge on any atom is 0.270 e. The molecule has 1 N–H and O–H groups in total. The van der Waals surface area contributed by atoms with Gasteiger partial charge in [0.05, 0.1) is 0 Å². The number of ether oxygens (including phenoxy) is 1. The summed E-state index contributed by atoms with van der Waals surface area (Å²) in [6, 6.07) is 8.05. The summed E-state index contributed by atoms with van der Waals surface area (Å²) < 4.78 is 32.8. The highest BCUT2D eigenvalue weighted by Crippen LogP contribution is 2.29. The molecular formula is C21H27F2N3O2. The number of rotatable bonds is 4. The third-order valence-electron chi connectivity index (χ3n) is 5.81. The van der Waals surface area contributed by atoms with E-state index in [4.69, 9.17) is 4.74 Å². The number of nitrogens with one attached hydrogen (secondary N) is 1. The number of carbonyl (C=O) groups excluding carboxylic acids is 1. The van der Waals surface area contributed by atoms with Gasteiger partial charge in [0.25, 0.3) is 11.8 Å². The zero-order chi connectivity index (χ0) is 19.9. The number of aromatic amines is 1.